The number of para-hydroxylation sites is 1. The molecule has 37 heavy (non-hydrogen) atoms. The molecule has 0 unspecified atom stereocenters. The number of nitrogens with zero attached hydrogens (tertiary/aromatic N) is 6. The van der Waals surface area contributed by atoms with Gasteiger partial charge in [0, 0.05) is 31.7 Å². The standard InChI is InChI=1S/C28H32FN7O/c1-18-11-12-20-17-22(28(37)30-25(20)19(18)2)26(27-31-32-33-36(27)21-7-3-4-8-21)35-15-13-34(14-16-35)24-10-6-5-9-23(24)29/h5-6,9-12,17,21,26H,3-4,7-8,13-16H2,1-2H3,(H,30,37)/t26-/m0/s1. The first-order valence-corrected chi connectivity index (χ1v) is 13.2. The van der Waals surface area contributed by atoms with E-state index in [9.17, 15) is 9.18 Å². The minimum absolute atomic E-state index is 0.122. The van der Waals surface area contributed by atoms with Gasteiger partial charge in [-0.25, -0.2) is 9.07 Å². The average Bonchev–Trinajstić information content (AvgIpc) is 3.61. The second-order valence-electron chi connectivity index (χ2n) is 10.3. The van der Waals surface area contributed by atoms with Crippen LogP contribution in [0.25, 0.3) is 10.9 Å². The Morgan fingerprint density at radius 1 is 1.03 bits per heavy atom. The Morgan fingerprint density at radius 2 is 1.78 bits per heavy atom. The summed E-state index contributed by atoms with van der Waals surface area (Å²) < 4.78 is 16.4. The van der Waals surface area contributed by atoms with E-state index >= 15 is 0 Å². The molecule has 2 aromatic heterocycles. The van der Waals surface area contributed by atoms with Gasteiger partial charge in [0.05, 0.1) is 17.2 Å². The highest BCUT2D eigenvalue weighted by Crippen LogP contribution is 2.35. The van der Waals surface area contributed by atoms with Crippen molar-refractivity contribution in [1.82, 2.24) is 30.1 Å². The van der Waals surface area contributed by atoms with Crippen LogP contribution in [0.5, 0.6) is 0 Å². The van der Waals surface area contributed by atoms with Gasteiger partial charge >= 0.3 is 0 Å². The summed E-state index contributed by atoms with van der Waals surface area (Å²) in [7, 11) is 0. The second kappa shape index (κ2) is 9.70. The van der Waals surface area contributed by atoms with Crippen molar-refractivity contribution in [2.24, 2.45) is 0 Å². The Balaban J connectivity index is 1.41. The van der Waals surface area contributed by atoms with Crippen molar-refractivity contribution in [3.05, 3.63) is 81.2 Å². The van der Waals surface area contributed by atoms with Crippen LogP contribution in [0.1, 0.15) is 60.3 Å². The number of rotatable bonds is 5. The van der Waals surface area contributed by atoms with E-state index in [0.717, 1.165) is 47.7 Å². The maximum Gasteiger partial charge on any atom is 0.253 e. The molecule has 0 radical (unpaired) electrons. The van der Waals surface area contributed by atoms with Gasteiger partial charge in [-0.3, -0.25) is 9.69 Å². The molecule has 1 N–H and O–H groups in total. The van der Waals surface area contributed by atoms with E-state index in [-0.39, 0.29) is 17.4 Å². The predicted octanol–water partition coefficient (Wildman–Crippen LogP) is 4.30. The molecule has 2 aromatic carbocycles. The molecule has 1 saturated heterocycles. The molecule has 6 rings (SSSR count). The maximum atomic E-state index is 14.5. The molecule has 1 atom stereocenters. The first-order chi connectivity index (χ1) is 18.0. The Bertz CT molecular complexity index is 1480. The molecular formula is C28H32FN7O. The number of H-pyrrole nitrogens is 1. The van der Waals surface area contributed by atoms with Crippen LogP contribution in [0.2, 0.25) is 0 Å². The lowest BCUT2D eigenvalue weighted by atomic mass is 9.99. The van der Waals surface area contributed by atoms with Gasteiger partial charge in [0.1, 0.15) is 11.9 Å². The zero-order valence-electron chi connectivity index (χ0n) is 21.3. The van der Waals surface area contributed by atoms with E-state index < -0.39 is 6.04 Å². The van der Waals surface area contributed by atoms with Crippen molar-refractivity contribution in [2.45, 2.75) is 51.6 Å². The molecule has 0 amide bonds. The largest absolute Gasteiger partial charge is 0.367 e. The molecule has 192 valence electrons. The molecule has 1 aliphatic heterocycles. The lowest BCUT2D eigenvalue weighted by molar-refractivity contribution is 0.196. The molecule has 1 aliphatic carbocycles. The number of pyridine rings is 1. The average molecular weight is 502 g/mol. The number of hydrogen-bond acceptors (Lipinski definition) is 6. The first kappa shape index (κ1) is 23.8. The van der Waals surface area contributed by atoms with Gasteiger partial charge in [-0.15, -0.1) is 5.10 Å². The number of piperazine rings is 1. The zero-order chi connectivity index (χ0) is 25.5. The molecule has 1 saturated carbocycles. The Morgan fingerprint density at radius 3 is 2.54 bits per heavy atom. The summed E-state index contributed by atoms with van der Waals surface area (Å²) in [5.41, 5.74) is 4.22. The van der Waals surface area contributed by atoms with Gasteiger partial charge in [0.25, 0.3) is 5.56 Å². The van der Waals surface area contributed by atoms with E-state index in [1.807, 2.05) is 29.8 Å². The van der Waals surface area contributed by atoms with Crippen molar-refractivity contribution in [2.75, 3.05) is 31.1 Å². The minimum Gasteiger partial charge on any atom is -0.367 e. The van der Waals surface area contributed by atoms with Crippen LogP contribution >= 0.6 is 0 Å². The highest BCUT2D eigenvalue weighted by molar-refractivity contribution is 5.83. The first-order valence-electron chi connectivity index (χ1n) is 13.2. The fourth-order valence-corrected chi connectivity index (χ4v) is 5.96. The number of hydrogen-bond donors (Lipinski definition) is 1. The number of tetrazole rings is 1. The summed E-state index contributed by atoms with van der Waals surface area (Å²) in [6, 6.07) is 12.9. The van der Waals surface area contributed by atoms with Crippen LogP contribution in [0.15, 0.2) is 47.3 Å². The topological polar surface area (TPSA) is 82.9 Å². The molecular weight excluding hydrogens is 469 g/mol. The third-order valence-corrected chi connectivity index (χ3v) is 8.18. The van der Waals surface area contributed by atoms with Gasteiger partial charge in [-0.1, -0.05) is 37.1 Å². The number of benzene rings is 2. The summed E-state index contributed by atoms with van der Waals surface area (Å²) in [5.74, 6) is 0.495. The van der Waals surface area contributed by atoms with Crippen molar-refractivity contribution >= 4 is 16.6 Å². The summed E-state index contributed by atoms with van der Waals surface area (Å²) in [6.07, 6.45) is 4.40. The molecule has 8 nitrogen and oxygen atoms in total. The van der Waals surface area contributed by atoms with E-state index in [1.165, 1.54) is 6.07 Å². The Labute approximate surface area is 215 Å². The quantitative estimate of drug-likeness (QED) is 0.439. The fraction of sp³-hybridized carbons (Fsp3) is 0.429. The van der Waals surface area contributed by atoms with Crippen LogP contribution in [-0.4, -0.2) is 56.3 Å². The minimum atomic E-state index is -0.395. The van der Waals surface area contributed by atoms with E-state index in [4.69, 9.17) is 0 Å². The SMILES string of the molecule is Cc1ccc2cc([C@@H](c3nnnn3C3CCCC3)N3CCN(c4ccccc4F)CC3)c(=O)[nH]c2c1C. The molecule has 0 spiro atoms. The van der Waals surface area contributed by atoms with Gasteiger partial charge in [0.2, 0.25) is 0 Å². The zero-order valence-corrected chi connectivity index (χ0v) is 21.3. The van der Waals surface area contributed by atoms with Crippen molar-refractivity contribution in [1.29, 1.82) is 0 Å². The number of nitrogens with one attached hydrogen (secondary N) is 1. The molecule has 4 aromatic rings. The van der Waals surface area contributed by atoms with Gasteiger partial charge in [-0.2, -0.15) is 0 Å². The monoisotopic (exact) mass is 501 g/mol. The number of aryl methyl sites for hydroxylation is 2. The maximum absolute atomic E-state index is 14.5. The van der Waals surface area contributed by atoms with Gasteiger partial charge in [-0.05, 0) is 71.8 Å². The summed E-state index contributed by atoms with van der Waals surface area (Å²) in [6.45, 7) is 6.68. The predicted molar refractivity (Wildman–Crippen MR) is 141 cm³/mol. The Kier molecular flexibility index (Phi) is 6.24. The van der Waals surface area contributed by atoms with E-state index in [2.05, 4.69) is 49.4 Å². The number of aromatic amines is 1. The molecule has 9 heteroatoms. The number of aromatic nitrogens is 5. The molecule has 2 fully saturated rings. The lowest BCUT2D eigenvalue weighted by Crippen LogP contribution is -2.49. The summed E-state index contributed by atoms with van der Waals surface area (Å²) in [4.78, 5) is 21.1. The van der Waals surface area contributed by atoms with Gasteiger partial charge < -0.3 is 9.88 Å². The number of fused-ring (bicyclic) bond motifs is 1. The summed E-state index contributed by atoms with van der Waals surface area (Å²) in [5, 5.41) is 13.9. The molecule has 2 aliphatic rings. The smallest absolute Gasteiger partial charge is 0.253 e. The highest BCUT2D eigenvalue weighted by atomic mass is 19.1. The van der Waals surface area contributed by atoms with Crippen LogP contribution in [0.3, 0.4) is 0 Å². The summed E-state index contributed by atoms with van der Waals surface area (Å²) >= 11 is 0. The van der Waals surface area contributed by atoms with Crippen LogP contribution in [-0.2, 0) is 0 Å². The van der Waals surface area contributed by atoms with Gasteiger partial charge in [0.15, 0.2) is 5.82 Å². The highest BCUT2D eigenvalue weighted by Gasteiger charge is 2.35. The molecule has 0 bridgehead atoms. The van der Waals surface area contributed by atoms with E-state index in [1.54, 1.807) is 6.07 Å². The van der Waals surface area contributed by atoms with Crippen LogP contribution < -0.4 is 10.5 Å². The number of halogens is 1. The number of anilines is 1. The van der Waals surface area contributed by atoms with Crippen LogP contribution in [0.4, 0.5) is 10.1 Å². The van der Waals surface area contributed by atoms with Crippen LogP contribution in [0, 0.1) is 19.7 Å². The van der Waals surface area contributed by atoms with E-state index in [0.29, 0.717) is 43.3 Å². The van der Waals surface area contributed by atoms with Crippen molar-refractivity contribution in [3.63, 3.8) is 0 Å². The fourth-order valence-electron chi connectivity index (χ4n) is 5.96. The third kappa shape index (κ3) is 4.31. The second-order valence-corrected chi connectivity index (χ2v) is 10.3. The van der Waals surface area contributed by atoms with Crippen molar-refractivity contribution < 1.29 is 4.39 Å². The van der Waals surface area contributed by atoms with Crippen molar-refractivity contribution in [3.8, 4) is 0 Å². The third-order valence-electron chi connectivity index (χ3n) is 8.18. The molecule has 3 heterocycles. The normalized spacial score (nSPS) is 18.1. The Hall–Kier alpha value is -3.59. The lowest BCUT2D eigenvalue weighted by Gasteiger charge is -2.39.